The minimum absolute atomic E-state index is 0.0579. The topological polar surface area (TPSA) is 95.1 Å². The number of rotatable bonds is 8. The largest absolute Gasteiger partial charge is 0.494 e. The van der Waals surface area contributed by atoms with Crippen LogP contribution in [0.2, 0.25) is 0 Å². The Morgan fingerprint density at radius 3 is 2.90 bits per heavy atom. The number of hydrogen-bond donors (Lipinski definition) is 1. The Hall–Kier alpha value is -3.16. The Kier molecular flexibility index (Phi) is 6.41. The summed E-state index contributed by atoms with van der Waals surface area (Å²) in [4.78, 5) is 12.2. The van der Waals surface area contributed by atoms with Crippen LogP contribution in [0.4, 0.5) is 0 Å². The number of aromatic nitrogens is 4. The highest BCUT2D eigenvalue weighted by molar-refractivity contribution is 5.76. The Morgan fingerprint density at radius 1 is 1.23 bits per heavy atom. The van der Waals surface area contributed by atoms with Crippen LogP contribution >= 0.6 is 0 Å². The summed E-state index contributed by atoms with van der Waals surface area (Å²) in [6.07, 6.45) is 10.3. The standard InChI is InChI=1S/C22H27N5O3/c1-29-19-10-6-5-9-18(19)27-15-16(14-24-27)13-23-20(28)11-12-21-25-26-22(30-21)17-7-3-2-4-8-17/h5-6,9-10,14-15,17H,2-4,7-8,11-13H2,1H3,(H,23,28). The zero-order chi connectivity index (χ0) is 20.8. The van der Waals surface area contributed by atoms with Crippen molar-refractivity contribution in [3.8, 4) is 11.4 Å². The van der Waals surface area contributed by atoms with Gasteiger partial charge >= 0.3 is 0 Å². The van der Waals surface area contributed by atoms with Crippen molar-refractivity contribution in [2.24, 2.45) is 0 Å². The van der Waals surface area contributed by atoms with Crippen molar-refractivity contribution in [1.82, 2.24) is 25.3 Å². The van der Waals surface area contributed by atoms with Gasteiger partial charge in [0.15, 0.2) is 0 Å². The first-order valence-electron chi connectivity index (χ1n) is 10.5. The highest BCUT2D eigenvalue weighted by Gasteiger charge is 2.21. The zero-order valence-corrected chi connectivity index (χ0v) is 17.2. The summed E-state index contributed by atoms with van der Waals surface area (Å²) in [5.41, 5.74) is 1.76. The number of hydrogen-bond acceptors (Lipinski definition) is 6. The van der Waals surface area contributed by atoms with E-state index in [0.717, 1.165) is 35.7 Å². The van der Waals surface area contributed by atoms with E-state index < -0.39 is 0 Å². The van der Waals surface area contributed by atoms with Crippen molar-refractivity contribution in [3.05, 3.63) is 54.0 Å². The molecular weight excluding hydrogens is 382 g/mol. The number of ether oxygens (including phenoxy) is 1. The maximum Gasteiger partial charge on any atom is 0.220 e. The van der Waals surface area contributed by atoms with Gasteiger partial charge in [0.05, 0.1) is 13.3 Å². The van der Waals surface area contributed by atoms with Gasteiger partial charge in [-0.2, -0.15) is 5.10 Å². The second-order valence-electron chi connectivity index (χ2n) is 7.61. The summed E-state index contributed by atoms with van der Waals surface area (Å²) in [5, 5.41) is 15.6. The SMILES string of the molecule is COc1ccccc1-n1cc(CNC(=O)CCc2nnc(C3CCCCC3)o2)cn1. The summed E-state index contributed by atoms with van der Waals surface area (Å²) in [6, 6.07) is 7.66. The van der Waals surface area contributed by atoms with Crippen LogP contribution in [0.15, 0.2) is 41.1 Å². The van der Waals surface area contributed by atoms with Gasteiger partial charge in [0.25, 0.3) is 0 Å². The van der Waals surface area contributed by atoms with Crippen molar-refractivity contribution < 1.29 is 13.9 Å². The molecule has 2 aromatic heterocycles. The summed E-state index contributed by atoms with van der Waals surface area (Å²) < 4.78 is 12.9. The normalized spacial score (nSPS) is 14.6. The van der Waals surface area contributed by atoms with E-state index in [1.165, 1.54) is 19.3 Å². The number of methoxy groups -OCH3 is 1. The molecule has 8 nitrogen and oxygen atoms in total. The van der Waals surface area contributed by atoms with Gasteiger partial charge in [-0.05, 0) is 25.0 Å². The molecule has 0 atom stereocenters. The average Bonchev–Trinajstić information content (AvgIpc) is 3.47. The van der Waals surface area contributed by atoms with Crippen LogP contribution in [0.3, 0.4) is 0 Å². The van der Waals surface area contributed by atoms with E-state index in [1.807, 2.05) is 30.5 Å². The van der Waals surface area contributed by atoms with Crippen molar-refractivity contribution in [2.45, 2.75) is 57.4 Å². The van der Waals surface area contributed by atoms with E-state index in [4.69, 9.17) is 9.15 Å². The minimum atomic E-state index is -0.0579. The Bertz CT molecular complexity index is 975. The second kappa shape index (κ2) is 9.56. The van der Waals surface area contributed by atoms with Crippen LogP contribution < -0.4 is 10.1 Å². The molecule has 1 aliphatic carbocycles. The van der Waals surface area contributed by atoms with Crippen LogP contribution in [-0.2, 0) is 17.8 Å². The molecule has 2 heterocycles. The van der Waals surface area contributed by atoms with Crippen molar-refractivity contribution in [3.63, 3.8) is 0 Å². The minimum Gasteiger partial charge on any atom is -0.494 e. The van der Waals surface area contributed by atoms with Gasteiger partial charge in [0.2, 0.25) is 17.7 Å². The van der Waals surface area contributed by atoms with E-state index in [1.54, 1.807) is 18.0 Å². The molecule has 1 fully saturated rings. The van der Waals surface area contributed by atoms with E-state index in [0.29, 0.717) is 31.2 Å². The number of nitrogens with zero attached hydrogens (tertiary/aromatic N) is 4. The molecule has 3 aromatic rings. The van der Waals surface area contributed by atoms with Crippen molar-refractivity contribution in [1.29, 1.82) is 0 Å². The molecule has 158 valence electrons. The number of para-hydroxylation sites is 2. The van der Waals surface area contributed by atoms with Gasteiger partial charge in [-0.25, -0.2) is 4.68 Å². The van der Waals surface area contributed by atoms with Crippen LogP contribution in [-0.4, -0.2) is 33.0 Å². The third-order valence-electron chi connectivity index (χ3n) is 5.46. The van der Waals surface area contributed by atoms with Gasteiger partial charge in [-0.3, -0.25) is 4.79 Å². The highest BCUT2D eigenvalue weighted by Crippen LogP contribution is 2.31. The zero-order valence-electron chi connectivity index (χ0n) is 17.2. The fourth-order valence-corrected chi connectivity index (χ4v) is 3.79. The molecule has 0 bridgehead atoms. The lowest BCUT2D eigenvalue weighted by Crippen LogP contribution is -2.22. The monoisotopic (exact) mass is 409 g/mol. The number of carbonyl (C=O) groups excluding carboxylic acids is 1. The maximum atomic E-state index is 12.2. The lowest BCUT2D eigenvalue weighted by molar-refractivity contribution is -0.121. The smallest absolute Gasteiger partial charge is 0.220 e. The molecule has 1 aliphatic rings. The number of carbonyl (C=O) groups is 1. The fraction of sp³-hybridized carbons (Fsp3) is 0.455. The second-order valence-corrected chi connectivity index (χ2v) is 7.61. The lowest BCUT2D eigenvalue weighted by Gasteiger charge is -2.17. The lowest BCUT2D eigenvalue weighted by atomic mass is 9.89. The Morgan fingerprint density at radius 2 is 2.07 bits per heavy atom. The number of amides is 1. The average molecular weight is 409 g/mol. The number of benzene rings is 1. The molecule has 1 amide bonds. The Labute approximate surface area is 175 Å². The quantitative estimate of drug-likeness (QED) is 0.611. The summed E-state index contributed by atoms with van der Waals surface area (Å²) in [5.74, 6) is 2.33. The first kappa shape index (κ1) is 20.1. The third-order valence-corrected chi connectivity index (χ3v) is 5.46. The molecule has 30 heavy (non-hydrogen) atoms. The maximum absolute atomic E-state index is 12.2. The van der Waals surface area contributed by atoms with Gasteiger partial charge < -0.3 is 14.5 Å². The molecular formula is C22H27N5O3. The highest BCUT2D eigenvalue weighted by atomic mass is 16.5. The molecule has 0 radical (unpaired) electrons. The molecule has 8 heteroatoms. The third kappa shape index (κ3) is 4.87. The van der Waals surface area contributed by atoms with Gasteiger partial charge in [0.1, 0.15) is 11.4 Å². The van der Waals surface area contributed by atoms with E-state index in [-0.39, 0.29) is 5.91 Å². The van der Waals surface area contributed by atoms with Crippen LogP contribution in [0.5, 0.6) is 5.75 Å². The van der Waals surface area contributed by atoms with Crippen LogP contribution in [0.25, 0.3) is 5.69 Å². The molecule has 0 saturated heterocycles. The number of aryl methyl sites for hydroxylation is 1. The first-order chi connectivity index (χ1) is 14.7. The van der Waals surface area contributed by atoms with Gasteiger partial charge in [-0.1, -0.05) is 31.4 Å². The predicted molar refractivity (Wildman–Crippen MR) is 110 cm³/mol. The summed E-state index contributed by atoms with van der Waals surface area (Å²) in [6.45, 7) is 0.408. The van der Waals surface area contributed by atoms with Crippen LogP contribution in [0.1, 0.15) is 61.8 Å². The molecule has 0 spiro atoms. The van der Waals surface area contributed by atoms with Crippen LogP contribution in [0, 0.1) is 0 Å². The molecule has 0 aliphatic heterocycles. The van der Waals surface area contributed by atoms with E-state index in [9.17, 15) is 4.79 Å². The van der Waals surface area contributed by atoms with Gasteiger partial charge in [0, 0.05) is 37.1 Å². The Balaban J connectivity index is 1.25. The van der Waals surface area contributed by atoms with E-state index in [2.05, 4.69) is 20.6 Å². The van der Waals surface area contributed by atoms with Gasteiger partial charge in [-0.15, -0.1) is 10.2 Å². The van der Waals surface area contributed by atoms with Crippen molar-refractivity contribution in [2.75, 3.05) is 7.11 Å². The summed E-state index contributed by atoms with van der Waals surface area (Å²) in [7, 11) is 1.63. The molecule has 1 aromatic carbocycles. The number of nitrogens with one attached hydrogen (secondary N) is 1. The van der Waals surface area contributed by atoms with E-state index >= 15 is 0 Å². The molecule has 1 N–H and O–H groups in total. The predicted octanol–water partition coefficient (Wildman–Crippen LogP) is 3.56. The molecule has 1 saturated carbocycles. The first-order valence-corrected chi connectivity index (χ1v) is 10.5. The molecule has 4 rings (SSSR count). The van der Waals surface area contributed by atoms with Crippen molar-refractivity contribution >= 4 is 5.91 Å². The fourth-order valence-electron chi connectivity index (χ4n) is 3.79. The summed E-state index contributed by atoms with van der Waals surface area (Å²) >= 11 is 0. The molecule has 0 unspecified atom stereocenters.